The number of nitrogens with zero attached hydrogens (tertiary/aromatic N) is 1. The monoisotopic (exact) mass is 1020 g/mol. The molecule has 0 aromatic heterocycles. The van der Waals surface area contributed by atoms with Crippen LogP contribution in [-0.2, 0) is 32.5 Å². The van der Waals surface area contributed by atoms with Gasteiger partial charge >= 0.3 is 0 Å². The SMILES string of the molecule is CC(C)(C)c1ccc(C2(c3ccccc3)c3ccccc3-c3ccc(N(c4ccc(-c5cc(C(C)(C)C)cc(C(C)(C)C)c5)cc4)c4ccc5c(c4)C4(c6ccccc6-5)c5ccccc5-c5ccc(C(C)(C)C)cc54)cc32)cc1. The summed E-state index contributed by atoms with van der Waals surface area (Å²) in [4.78, 5) is 2.54. The van der Waals surface area contributed by atoms with Gasteiger partial charge in [0.25, 0.3) is 0 Å². The first kappa shape index (κ1) is 50.5. The summed E-state index contributed by atoms with van der Waals surface area (Å²) < 4.78 is 0. The molecule has 0 heterocycles. The van der Waals surface area contributed by atoms with Crippen molar-refractivity contribution in [3.63, 3.8) is 0 Å². The highest BCUT2D eigenvalue weighted by atomic mass is 15.1. The molecule has 1 nitrogen and oxygen atoms in total. The number of benzene rings is 10. The highest BCUT2D eigenvalue weighted by Crippen LogP contribution is 2.64. The largest absolute Gasteiger partial charge is 0.310 e. The molecule has 79 heavy (non-hydrogen) atoms. The molecule has 0 saturated carbocycles. The lowest BCUT2D eigenvalue weighted by Gasteiger charge is -2.35. The van der Waals surface area contributed by atoms with Gasteiger partial charge in [-0.2, -0.15) is 0 Å². The normalized spacial score (nSPS) is 17.0. The van der Waals surface area contributed by atoms with Crippen molar-refractivity contribution in [2.45, 2.75) is 116 Å². The van der Waals surface area contributed by atoms with Crippen LogP contribution in [-0.4, -0.2) is 0 Å². The van der Waals surface area contributed by atoms with Gasteiger partial charge in [-0.25, -0.2) is 0 Å². The zero-order valence-electron chi connectivity index (χ0n) is 48.3. The first-order valence-electron chi connectivity index (χ1n) is 28.7. The van der Waals surface area contributed by atoms with Gasteiger partial charge in [0, 0.05) is 17.1 Å². The van der Waals surface area contributed by atoms with E-state index in [1.807, 2.05) is 0 Å². The minimum Gasteiger partial charge on any atom is -0.310 e. The van der Waals surface area contributed by atoms with Crippen molar-refractivity contribution in [1.82, 2.24) is 0 Å². The standard InChI is InChI=1S/C78H73N/c1-73(2,3)52-32-34-54(35-33-52)77(53-22-14-13-15-23-53)67-27-19-16-24-61(67)65-42-39-59(48-71(65)77)79(58-37-30-50(31-38-58)51-44-56(75(7,8)9)46-57(45-51)76(10,11)12)60-40-43-66-63-26-18-21-29-69(63)78(72(66)49-60)68-28-20-17-25-62(68)64-41-36-55(47-70(64)78)74(4,5)6/h13-49H,1-12H3. The van der Waals surface area contributed by atoms with Gasteiger partial charge in [0.2, 0.25) is 0 Å². The van der Waals surface area contributed by atoms with Gasteiger partial charge in [-0.3, -0.25) is 0 Å². The Bertz CT molecular complexity index is 3990. The molecular weight excluding hydrogens is 951 g/mol. The van der Waals surface area contributed by atoms with E-state index in [1.54, 1.807) is 0 Å². The van der Waals surface area contributed by atoms with Crippen molar-refractivity contribution in [1.29, 1.82) is 0 Å². The minimum atomic E-state index is -0.580. The minimum absolute atomic E-state index is 0.00280. The quantitative estimate of drug-likeness (QED) is 0.160. The Hall–Kier alpha value is -8.00. The smallest absolute Gasteiger partial charge is 0.0726 e. The maximum absolute atomic E-state index is 2.55. The Morgan fingerprint density at radius 3 is 1.09 bits per heavy atom. The number of fused-ring (bicyclic) bond motifs is 13. The van der Waals surface area contributed by atoms with Crippen LogP contribution in [0.1, 0.15) is 150 Å². The van der Waals surface area contributed by atoms with Crippen LogP contribution in [0.4, 0.5) is 17.1 Å². The van der Waals surface area contributed by atoms with Gasteiger partial charge in [-0.15, -0.1) is 0 Å². The van der Waals surface area contributed by atoms with Crippen LogP contribution < -0.4 is 4.90 Å². The molecule has 390 valence electrons. The molecule has 0 radical (unpaired) electrons. The number of hydrogen-bond donors (Lipinski definition) is 0. The fourth-order valence-corrected chi connectivity index (χ4v) is 13.7. The van der Waals surface area contributed by atoms with Gasteiger partial charge < -0.3 is 4.90 Å². The molecule has 3 aliphatic rings. The van der Waals surface area contributed by atoms with Crippen molar-refractivity contribution < 1.29 is 0 Å². The van der Waals surface area contributed by atoms with Crippen molar-refractivity contribution in [3.8, 4) is 44.5 Å². The topological polar surface area (TPSA) is 3.24 Å². The second kappa shape index (κ2) is 17.8. The van der Waals surface area contributed by atoms with Crippen LogP contribution in [0.25, 0.3) is 44.5 Å². The molecule has 10 aromatic rings. The molecule has 10 aromatic carbocycles. The molecule has 0 saturated heterocycles. The van der Waals surface area contributed by atoms with Crippen molar-refractivity contribution in [2.24, 2.45) is 0 Å². The molecule has 2 unspecified atom stereocenters. The molecular formula is C78H73N. The Morgan fingerprint density at radius 1 is 0.241 bits per heavy atom. The maximum atomic E-state index is 2.55. The second-order valence-electron chi connectivity index (χ2n) is 27.0. The van der Waals surface area contributed by atoms with E-state index in [0.717, 1.165) is 17.1 Å². The average Bonchev–Trinajstić information content (AvgIpc) is 4.20. The Kier molecular flexibility index (Phi) is 11.4. The summed E-state index contributed by atoms with van der Waals surface area (Å²) in [5.74, 6) is 0. The van der Waals surface area contributed by atoms with E-state index >= 15 is 0 Å². The lowest BCUT2D eigenvalue weighted by molar-refractivity contribution is 0.569. The zero-order chi connectivity index (χ0) is 55.0. The summed E-state index contributed by atoms with van der Waals surface area (Å²) in [6.45, 7) is 27.9. The van der Waals surface area contributed by atoms with E-state index in [4.69, 9.17) is 0 Å². The van der Waals surface area contributed by atoms with Gasteiger partial charge in [-0.1, -0.05) is 271 Å². The lowest BCUT2D eigenvalue weighted by atomic mass is 9.67. The van der Waals surface area contributed by atoms with Crippen molar-refractivity contribution >= 4 is 17.1 Å². The number of rotatable bonds is 6. The number of anilines is 3. The fourth-order valence-electron chi connectivity index (χ4n) is 13.7. The third-order valence-electron chi connectivity index (χ3n) is 18.0. The van der Waals surface area contributed by atoms with E-state index in [-0.39, 0.29) is 21.7 Å². The maximum Gasteiger partial charge on any atom is 0.0726 e. The fraction of sp³-hybridized carbons (Fsp3) is 0.231. The van der Waals surface area contributed by atoms with Gasteiger partial charge in [-0.05, 0) is 169 Å². The first-order chi connectivity index (χ1) is 37.7. The Balaban J connectivity index is 1.07. The summed E-state index contributed by atoms with van der Waals surface area (Å²) in [6, 6.07) is 87.0. The van der Waals surface area contributed by atoms with Crippen molar-refractivity contribution in [3.05, 3.63) is 291 Å². The van der Waals surface area contributed by atoms with Gasteiger partial charge in [0.05, 0.1) is 10.8 Å². The Morgan fingerprint density at radius 2 is 0.608 bits per heavy atom. The van der Waals surface area contributed by atoms with E-state index < -0.39 is 10.8 Å². The summed E-state index contributed by atoms with van der Waals surface area (Å²) in [7, 11) is 0. The van der Waals surface area contributed by atoms with Crippen LogP contribution in [0.5, 0.6) is 0 Å². The highest BCUT2D eigenvalue weighted by Gasteiger charge is 2.52. The van der Waals surface area contributed by atoms with Crippen molar-refractivity contribution in [2.75, 3.05) is 4.90 Å². The molecule has 0 amide bonds. The zero-order valence-corrected chi connectivity index (χ0v) is 48.3. The molecule has 0 fully saturated rings. The van der Waals surface area contributed by atoms with E-state index in [2.05, 4.69) is 312 Å². The Labute approximate surface area is 470 Å². The third kappa shape index (κ3) is 7.78. The average molecular weight is 1020 g/mol. The summed E-state index contributed by atoms with van der Waals surface area (Å²) >= 11 is 0. The van der Waals surface area contributed by atoms with Gasteiger partial charge in [0.15, 0.2) is 0 Å². The predicted octanol–water partition coefficient (Wildman–Crippen LogP) is 20.7. The van der Waals surface area contributed by atoms with E-state index in [0.29, 0.717) is 0 Å². The molecule has 1 heteroatoms. The number of hydrogen-bond acceptors (Lipinski definition) is 1. The van der Waals surface area contributed by atoms with E-state index in [9.17, 15) is 0 Å². The van der Waals surface area contributed by atoms with Gasteiger partial charge in [0.1, 0.15) is 0 Å². The van der Waals surface area contributed by atoms with Crippen LogP contribution in [0, 0.1) is 0 Å². The molecule has 0 bridgehead atoms. The van der Waals surface area contributed by atoms with E-state index in [1.165, 1.54) is 111 Å². The summed E-state index contributed by atoms with van der Waals surface area (Å²) in [5, 5.41) is 0. The van der Waals surface area contributed by atoms with Crippen LogP contribution in [0.15, 0.2) is 224 Å². The van der Waals surface area contributed by atoms with Crippen LogP contribution in [0.3, 0.4) is 0 Å². The van der Waals surface area contributed by atoms with Crippen LogP contribution in [0.2, 0.25) is 0 Å². The first-order valence-corrected chi connectivity index (χ1v) is 28.7. The summed E-state index contributed by atoms with van der Waals surface area (Å²) in [6.07, 6.45) is 0. The highest BCUT2D eigenvalue weighted by molar-refractivity contribution is 5.97. The third-order valence-corrected chi connectivity index (χ3v) is 18.0. The molecule has 0 aliphatic heterocycles. The molecule has 13 rings (SSSR count). The van der Waals surface area contributed by atoms with Crippen LogP contribution >= 0.6 is 0 Å². The predicted molar refractivity (Wildman–Crippen MR) is 335 cm³/mol. The summed E-state index contributed by atoms with van der Waals surface area (Å²) in [5.41, 5.74) is 28.4. The lowest BCUT2D eigenvalue weighted by Crippen LogP contribution is -2.29. The molecule has 2 atom stereocenters. The molecule has 3 aliphatic carbocycles. The molecule has 1 spiro atoms. The molecule has 0 N–H and O–H groups in total. The second-order valence-corrected chi connectivity index (χ2v) is 27.0.